The summed E-state index contributed by atoms with van der Waals surface area (Å²) in [6.45, 7) is 1.61. The zero-order chi connectivity index (χ0) is 55.9. The van der Waals surface area contributed by atoms with E-state index in [0.717, 1.165) is 10.9 Å². The average molecular weight is 1080 g/mol. The highest BCUT2D eigenvalue weighted by Gasteiger charge is 2.44. The lowest BCUT2D eigenvalue weighted by Crippen LogP contribution is -2.60. The molecule has 5 heterocycles. The van der Waals surface area contributed by atoms with E-state index >= 15 is 4.79 Å². The SMILES string of the molecule is CC(=O)N[C@H]1CCC(=O)CC[C@@H](C(=O)N2CCC[C@H]2C(=O)N2CCC[C@H]2C(N)=O)NC(=O)[C@H](Cc2c[nH]c3ccccc23)NC(=O)[C@H](CCCN=C(N)N)NC(=O)[C@@H](Cc2ccccc2)NC(=O)[C@H](CC2=CCC=N2)NC1=O. The summed E-state index contributed by atoms with van der Waals surface area (Å²) < 4.78 is 0. The Balaban J connectivity index is 1.28. The number of Topliss-reactive ketones (excluding diaryl/α,β-unsaturated/α-hetero) is 1. The van der Waals surface area contributed by atoms with Gasteiger partial charge in [-0.3, -0.25) is 57.9 Å². The molecule has 78 heavy (non-hydrogen) atoms. The van der Waals surface area contributed by atoms with Crippen LogP contribution < -0.4 is 49.1 Å². The number of hydrogen-bond acceptors (Lipinski definition) is 12. The molecular weight excluding hydrogens is 1000 g/mol. The molecule has 0 aliphatic carbocycles. The number of aliphatic imine (C=N–C) groups is 2. The van der Waals surface area contributed by atoms with E-state index in [0.29, 0.717) is 42.5 Å². The van der Waals surface area contributed by atoms with Crippen molar-refractivity contribution < 1.29 is 47.9 Å². The van der Waals surface area contributed by atoms with Gasteiger partial charge in [0.05, 0.1) is 0 Å². The van der Waals surface area contributed by atoms with Crippen LogP contribution in [0.1, 0.15) is 95.1 Å². The van der Waals surface area contributed by atoms with Gasteiger partial charge in [-0.1, -0.05) is 54.6 Å². The number of carbonyl (C=O) groups is 10. The fraction of sp³-hybridized carbons (Fsp3) is 0.481. The number of primary amides is 1. The molecule has 3 aromatic rings. The summed E-state index contributed by atoms with van der Waals surface area (Å²) in [5.41, 5.74) is 19.4. The van der Waals surface area contributed by atoms with Gasteiger partial charge >= 0.3 is 0 Å². The smallest absolute Gasteiger partial charge is 0.246 e. The van der Waals surface area contributed by atoms with E-state index in [9.17, 15) is 43.2 Å². The number of allylic oxidation sites excluding steroid dienone is 1. The number of benzene rings is 2. The summed E-state index contributed by atoms with van der Waals surface area (Å²) in [6, 6.07) is 5.87. The lowest BCUT2D eigenvalue weighted by Gasteiger charge is -2.33. The van der Waals surface area contributed by atoms with Gasteiger partial charge in [-0.05, 0) is 68.6 Å². The molecule has 24 nitrogen and oxygen atoms in total. The predicted octanol–water partition coefficient (Wildman–Crippen LogP) is -0.706. The van der Waals surface area contributed by atoms with Gasteiger partial charge in [-0.2, -0.15) is 0 Å². The number of guanidine groups is 1. The lowest BCUT2D eigenvalue weighted by molar-refractivity contribution is -0.147. The van der Waals surface area contributed by atoms with Crippen LogP contribution >= 0.6 is 0 Å². The molecule has 3 fully saturated rings. The van der Waals surface area contributed by atoms with Crippen molar-refractivity contribution in [3.8, 4) is 0 Å². The summed E-state index contributed by atoms with van der Waals surface area (Å²) >= 11 is 0. The van der Waals surface area contributed by atoms with Crippen LogP contribution in [0.15, 0.2) is 82.6 Å². The molecule has 0 saturated carbocycles. The Kier molecular flexibility index (Phi) is 19.9. The largest absolute Gasteiger partial charge is 0.370 e. The third-order valence-corrected chi connectivity index (χ3v) is 14.4. The summed E-state index contributed by atoms with van der Waals surface area (Å²) in [5, 5.41) is 17.2. The second kappa shape index (κ2) is 27.0. The number of nitrogens with one attached hydrogen (secondary N) is 7. The quantitative estimate of drug-likeness (QED) is 0.0544. The van der Waals surface area contributed by atoms with Gasteiger partial charge in [0, 0.05) is 94.1 Å². The predicted molar refractivity (Wildman–Crippen MR) is 287 cm³/mol. The van der Waals surface area contributed by atoms with Crippen LogP contribution in [0.3, 0.4) is 0 Å². The molecular formula is C54H70N14O10. The molecule has 7 rings (SSSR count). The van der Waals surface area contributed by atoms with Crippen LogP contribution in [0.25, 0.3) is 10.9 Å². The van der Waals surface area contributed by atoms with E-state index in [1.165, 1.54) is 16.7 Å². The van der Waals surface area contributed by atoms with Crippen molar-refractivity contribution in [2.24, 2.45) is 27.2 Å². The highest BCUT2D eigenvalue weighted by molar-refractivity contribution is 5.99. The fourth-order valence-corrected chi connectivity index (χ4v) is 10.4. The standard InChI is InChI=1S/C54H70N14O10/c1-31(69)61-39-21-19-35(70)20-22-40(52(77)68-26-10-18-45(68)53(78)67-25-9-17-44(67)46(55)71)63-50(75)42(28-33-30-60-37-15-6-5-14-36(33)37)65-47(72)38(16-8-24-59-54(56)57)62-49(74)41(27-32-11-3-2-4-12-32)64-51(76)43(66-48(39)73)29-34-13-7-23-58-34/h2-6,11-15,23,30,38-45,60H,7-10,16-22,24-29H2,1H3,(H2,55,71)(H,61,69)(H,62,74)(H,63,75)(H,64,76)(H,65,72)(H,66,73)(H4,56,57,59)/t38-,39-,40-,41+,42-,43-,44-,45-/m0/s1. The molecule has 0 unspecified atom stereocenters. The minimum Gasteiger partial charge on any atom is -0.370 e. The molecule has 8 atom stereocenters. The highest BCUT2D eigenvalue weighted by Crippen LogP contribution is 2.27. The number of carbonyl (C=O) groups excluding carboxylic acids is 10. The van der Waals surface area contributed by atoms with Gasteiger partial charge in [0.1, 0.15) is 54.1 Å². The number of likely N-dealkylation sites (tertiary alicyclic amines) is 2. The number of aromatic amines is 1. The van der Waals surface area contributed by atoms with Crippen LogP contribution in [0.5, 0.6) is 0 Å². The average Bonchev–Trinajstić information content (AvgIpc) is 4.29. The summed E-state index contributed by atoms with van der Waals surface area (Å²) in [6.07, 6.45) is 5.75. The Morgan fingerprint density at radius 1 is 0.679 bits per heavy atom. The number of H-pyrrole nitrogens is 1. The minimum absolute atomic E-state index is 0.0497. The van der Waals surface area contributed by atoms with Crippen LogP contribution in [-0.4, -0.2) is 154 Å². The Hall–Kier alpha value is -8.44. The number of aromatic nitrogens is 1. The Morgan fingerprint density at radius 2 is 1.28 bits per heavy atom. The van der Waals surface area contributed by atoms with E-state index in [2.05, 4.69) is 46.9 Å². The van der Waals surface area contributed by atoms with Crippen molar-refractivity contribution in [3.05, 3.63) is 83.7 Å². The van der Waals surface area contributed by atoms with Crippen molar-refractivity contribution >= 4 is 82.0 Å². The van der Waals surface area contributed by atoms with Crippen molar-refractivity contribution in [3.63, 3.8) is 0 Å². The fourth-order valence-electron chi connectivity index (χ4n) is 10.4. The summed E-state index contributed by atoms with van der Waals surface area (Å²) in [7, 11) is 0. The molecule has 4 aliphatic rings. The first-order chi connectivity index (χ1) is 37.4. The first-order valence-electron chi connectivity index (χ1n) is 26.5. The molecule has 4 aliphatic heterocycles. The minimum atomic E-state index is -1.45. The molecule has 13 N–H and O–H groups in total. The number of ketones is 1. The molecule has 0 bridgehead atoms. The number of nitrogens with two attached hydrogens (primary N) is 3. The maximum absolute atomic E-state index is 15.0. The first-order valence-corrected chi connectivity index (χ1v) is 26.5. The number of nitrogens with zero attached hydrogens (tertiary/aromatic N) is 4. The third-order valence-electron chi connectivity index (χ3n) is 14.4. The van der Waals surface area contributed by atoms with E-state index in [1.54, 1.807) is 54.9 Å². The highest BCUT2D eigenvalue weighted by atomic mass is 16.2. The molecule has 0 spiro atoms. The molecule has 9 amide bonds. The number of hydrogen-bond donors (Lipinski definition) is 10. The zero-order valence-corrected chi connectivity index (χ0v) is 43.7. The molecule has 416 valence electrons. The molecule has 1 aromatic heterocycles. The third kappa shape index (κ3) is 15.4. The van der Waals surface area contributed by atoms with Crippen LogP contribution in [0, 0.1) is 0 Å². The van der Waals surface area contributed by atoms with Gasteiger partial charge in [0.25, 0.3) is 0 Å². The molecule has 3 saturated heterocycles. The Labute approximate surface area is 451 Å². The van der Waals surface area contributed by atoms with Crippen molar-refractivity contribution in [2.75, 3.05) is 19.6 Å². The van der Waals surface area contributed by atoms with Gasteiger partial charge < -0.3 is 63.9 Å². The maximum atomic E-state index is 15.0. The van der Waals surface area contributed by atoms with E-state index < -0.39 is 107 Å². The summed E-state index contributed by atoms with van der Waals surface area (Å²) in [5.74, 6) is -7.14. The molecule has 0 radical (unpaired) electrons. The van der Waals surface area contributed by atoms with Crippen molar-refractivity contribution in [2.45, 2.75) is 145 Å². The van der Waals surface area contributed by atoms with Gasteiger partial charge in [0.2, 0.25) is 53.2 Å². The number of rotatable bonds is 14. The lowest BCUT2D eigenvalue weighted by atomic mass is 9.99. The Bertz CT molecular complexity index is 2830. The molecule has 2 aromatic carbocycles. The van der Waals surface area contributed by atoms with E-state index in [-0.39, 0.29) is 89.8 Å². The monoisotopic (exact) mass is 1070 g/mol. The van der Waals surface area contributed by atoms with Crippen molar-refractivity contribution in [1.82, 2.24) is 46.7 Å². The Morgan fingerprint density at radius 3 is 1.96 bits per heavy atom. The second-order valence-electron chi connectivity index (χ2n) is 20.1. The van der Waals surface area contributed by atoms with Gasteiger partial charge in [-0.25, -0.2) is 0 Å². The van der Waals surface area contributed by atoms with Gasteiger partial charge in [-0.15, -0.1) is 0 Å². The number of fused-ring (bicyclic) bond motifs is 1. The topological polar surface area (TPSA) is 368 Å². The normalized spacial score (nSPS) is 25.0. The van der Waals surface area contributed by atoms with Crippen molar-refractivity contribution in [1.29, 1.82) is 0 Å². The molecule has 24 heteroatoms. The maximum Gasteiger partial charge on any atom is 0.246 e. The van der Waals surface area contributed by atoms with Crippen LogP contribution in [0.4, 0.5) is 0 Å². The van der Waals surface area contributed by atoms with E-state index in [4.69, 9.17) is 17.2 Å². The number of para-hydroxylation sites is 1. The first kappa shape index (κ1) is 57.3. The zero-order valence-electron chi connectivity index (χ0n) is 43.7. The number of amides is 9. The summed E-state index contributed by atoms with van der Waals surface area (Å²) in [4.78, 5) is 156. The van der Waals surface area contributed by atoms with Gasteiger partial charge in [0.15, 0.2) is 5.96 Å². The van der Waals surface area contributed by atoms with Crippen LogP contribution in [-0.2, 0) is 60.8 Å². The van der Waals surface area contributed by atoms with Crippen LogP contribution in [0.2, 0.25) is 0 Å². The second-order valence-corrected chi connectivity index (χ2v) is 20.1. The van der Waals surface area contributed by atoms with E-state index in [1.807, 2.05) is 18.2 Å².